The molecule has 4 nitrogen and oxygen atoms in total. The highest BCUT2D eigenvalue weighted by molar-refractivity contribution is 6.31. The number of halogens is 2. The third-order valence-corrected chi connectivity index (χ3v) is 4.79. The topological polar surface area (TPSA) is 35.6 Å². The van der Waals surface area contributed by atoms with Crippen LogP contribution in [0.5, 0.6) is 0 Å². The Morgan fingerprint density at radius 2 is 2.05 bits per heavy atom. The Hall–Kier alpha value is -0.810. The smallest absolute Gasteiger partial charge is 0.222 e. The third kappa shape index (κ3) is 3.93. The van der Waals surface area contributed by atoms with Crippen LogP contribution in [0.1, 0.15) is 24.4 Å². The van der Waals surface area contributed by atoms with E-state index in [1.165, 1.54) is 5.56 Å². The molecule has 1 aromatic rings. The van der Waals surface area contributed by atoms with Crippen molar-refractivity contribution in [3.63, 3.8) is 0 Å². The first-order chi connectivity index (χ1) is 10.3. The second-order valence-corrected chi connectivity index (χ2v) is 6.17. The van der Waals surface area contributed by atoms with Crippen molar-refractivity contribution in [3.8, 4) is 0 Å². The summed E-state index contributed by atoms with van der Waals surface area (Å²) >= 11 is 6.35. The Bertz CT molecular complexity index is 512. The fraction of sp³-hybridized carbons (Fsp3) is 0.562. The summed E-state index contributed by atoms with van der Waals surface area (Å²) in [5.41, 5.74) is 1.18. The van der Waals surface area contributed by atoms with Gasteiger partial charge in [-0.3, -0.25) is 9.69 Å². The summed E-state index contributed by atoms with van der Waals surface area (Å²) in [4.78, 5) is 16.2. The normalized spacial score (nSPS) is 22.7. The van der Waals surface area contributed by atoms with E-state index in [0.29, 0.717) is 11.9 Å². The van der Waals surface area contributed by atoms with Gasteiger partial charge in [0.1, 0.15) is 0 Å². The number of nitrogens with one attached hydrogen (secondary N) is 1. The standard InChI is InChI=1S/C16H22ClN3O.ClH/c17-14-5-2-1-4-13(14)15-12-18-7-9-19(15)10-11-20-8-3-6-16(20)21;/h1-2,4-5,15,18H,3,6-12H2;1H. The van der Waals surface area contributed by atoms with Gasteiger partial charge in [-0.25, -0.2) is 0 Å². The van der Waals surface area contributed by atoms with Crippen molar-refractivity contribution in [2.45, 2.75) is 18.9 Å². The fourth-order valence-electron chi connectivity index (χ4n) is 3.26. The lowest BCUT2D eigenvalue weighted by molar-refractivity contribution is -0.127. The number of amides is 1. The number of nitrogens with zero attached hydrogens (tertiary/aromatic N) is 2. The minimum Gasteiger partial charge on any atom is -0.341 e. The van der Waals surface area contributed by atoms with Crippen molar-refractivity contribution in [1.82, 2.24) is 15.1 Å². The Morgan fingerprint density at radius 1 is 1.23 bits per heavy atom. The Kier molecular flexibility index (Phi) is 6.50. The van der Waals surface area contributed by atoms with E-state index >= 15 is 0 Å². The molecular formula is C16H23Cl2N3O. The lowest BCUT2D eigenvalue weighted by Crippen LogP contribution is -2.48. The molecule has 2 heterocycles. The lowest BCUT2D eigenvalue weighted by Gasteiger charge is -2.37. The van der Waals surface area contributed by atoms with Crippen LogP contribution in [0.25, 0.3) is 0 Å². The monoisotopic (exact) mass is 343 g/mol. The average molecular weight is 344 g/mol. The van der Waals surface area contributed by atoms with Crippen molar-refractivity contribution in [2.24, 2.45) is 0 Å². The molecule has 6 heteroatoms. The Labute approximate surface area is 143 Å². The molecule has 2 aliphatic rings. The number of hydrogen-bond acceptors (Lipinski definition) is 3. The van der Waals surface area contributed by atoms with Crippen molar-refractivity contribution in [3.05, 3.63) is 34.9 Å². The maximum atomic E-state index is 11.7. The van der Waals surface area contributed by atoms with Gasteiger partial charge in [0, 0.05) is 56.8 Å². The van der Waals surface area contributed by atoms with Crippen molar-refractivity contribution < 1.29 is 4.79 Å². The molecule has 0 spiro atoms. The quantitative estimate of drug-likeness (QED) is 0.911. The molecule has 1 amide bonds. The summed E-state index contributed by atoms with van der Waals surface area (Å²) in [7, 11) is 0. The van der Waals surface area contributed by atoms with E-state index in [4.69, 9.17) is 11.6 Å². The summed E-state index contributed by atoms with van der Waals surface area (Å²) in [5.74, 6) is 0.305. The van der Waals surface area contributed by atoms with Gasteiger partial charge in [0.25, 0.3) is 0 Å². The molecule has 1 atom stereocenters. The van der Waals surface area contributed by atoms with Gasteiger partial charge in [0.05, 0.1) is 0 Å². The van der Waals surface area contributed by atoms with Gasteiger partial charge in [0.2, 0.25) is 5.91 Å². The number of likely N-dealkylation sites (tertiary alicyclic amines) is 1. The van der Waals surface area contributed by atoms with E-state index in [-0.39, 0.29) is 12.4 Å². The predicted molar refractivity (Wildman–Crippen MR) is 91.7 cm³/mol. The highest BCUT2D eigenvalue weighted by Crippen LogP contribution is 2.28. The third-order valence-electron chi connectivity index (χ3n) is 4.45. The number of carbonyl (C=O) groups is 1. The molecule has 1 unspecified atom stereocenters. The van der Waals surface area contributed by atoms with Crippen LogP contribution in [0.3, 0.4) is 0 Å². The van der Waals surface area contributed by atoms with Crippen LogP contribution in [0.2, 0.25) is 5.02 Å². The van der Waals surface area contributed by atoms with Gasteiger partial charge in [-0.05, 0) is 18.1 Å². The second kappa shape index (κ2) is 8.16. The SMILES string of the molecule is Cl.O=C1CCCN1CCN1CCNCC1c1ccccc1Cl. The number of benzene rings is 1. The first-order valence-electron chi connectivity index (χ1n) is 7.72. The van der Waals surface area contributed by atoms with E-state index in [2.05, 4.69) is 16.3 Å². The molecule has 0 aliphatic carbocycles. The van der Waals surface area contributed by atoms with Crippen LogP contribution in [0, 0.1) is 0 Å². The molecule has 1 N–H and O–H groups in total. The van der Waals surface area contributed by atoms with Crippen molar-refractivity contribution >= 4 is 29.9 Å². The molecular weight excluding hydrogens is 321 g/mol. The molecule has 2 aliphatic heterocycles. The Balaban J connectivity index is 0.00000176. The molecule has 22 heavy (non-hydrogen) atoms. The molecule has 1 aromatic carbocycles. The van der Waals surface area contributed by atoms with Crippen molar-refractivity contribution in [1.29, 1.82) is 0 Å². The van der Waals surface area contributed by atoms with E-state index in [0.717, 1.165) is 57.1 Å². The Morgan fingerprint density at radius 3 is 2.77 bits per heavy atom. The molecule has 0 aromatic heterocycles. The first-order valence-corrected chi connectivity index (χ1v) is 8.10. The van der Waals surface area contributed by atoms with Crippen LogP contribution >= 0.6 is 24.0 Å². The van der Waals surface area contributed by atoms with E-state index in [9.17, 15) is 4.79 Å². The van der Waals surface area contributed by atoms with Gasteiger partial charge in [-0.15, -0.1) is 12.4 Å². The fourth-order valence-corrected chi connectivity index (χ4v) is 3.52. The lowest BCUT2D eigenvalue weighted by atomic mass is 10.0. The van der Waals surface area contributed by atoms with Gasteiger partial charge in [0.15, 0.2) is 0 Å². The van der Waals surface area contributed by atoms with E-state index < -0.39 is 0 Å². The highest BCUT2D eigenvalue weighted by atomic mass is 35.5. The van der Waals surface area contributed by atoms with Gasteiger partial charge < -0.3 is 10.2 Å². The highest BCUT2D eigenvalue weighted by Gasteiger charge is 2.27. The molecule has 2 saturated heterocycles. The minimum absolute atomic E-state index is 0. The average Bonchev–Trinajstić information content (AvgIpc) is 2.91. The summed E-state index contributed by atoms with van der Waals surface area (Å²) in [6, 6.07) is 8.36. The number of carbonyl (C=O) groups excluding carboxylic acids is 1. The predicted octanol–water partition coefficient (Wildman–Crippen LogP) is 2.33. The summed E-state index contributed by atoms with van der Waals surface area (Å²) in [6.45, 7) is 5.58. The van der Waals surface area contributed by atoms with Crippen LogP contribution in [-0.2, 0) is 4.79 Å². The van der Waals surface area contributed by atoms with Crippen LogP contribution in [-0.4, -0.2) is 55.0 Å². The molecule has 2 fully saturated rings. The first kappa shape index (κ1) is 17.5. The van der Waals surface area contributed by atoms with Crippen LogP contribution < -0.4 is 5.32 Å². The molecule has 0 bridgehead atoms. The van der Waals surface area contributed by atoms with Crippen LogP contribution in [0.15, 0.2) is 24.3 Å². The number of rotatable bonds is 4. The van der Waals surface area contributed by atoms with E-state index in [1.54, 1.807) is 0 Å². The molecule has 122 valence electrons. The van der Waals surface area contributed by atoms with Gasteiger partial charge in [-0.2, -0.15) is 0 Å². The van der Waals surface area contributed by atoms with Crippen molar-refractivity contribution in [2.75, 3.05) is 39.3 Å². The van der Waals surface area contributed by atoms with Gasteiger partial charge >= 0.3 is 0 Å². The molecule has 3 rings (SSSR count). The largest absolute Gasteiger partial charge is 0.341 e. The summed E-state index contributed by atoms with van der Waals surface area (Å²) < 4.78 is 0. The van der Waals surface area contributed by atoms with Gasteiger partial charge in [-0.1, -0.05) is 29.8 Å². The summed E-state index contributed by atoms with van der Waals surface area (Å²) in [5, 5.41) is 4.27. The second-order valence-electron chi connectivity index (χ2n) is 5.76. The zero-order chi connectivity index (χ0) is 14.7. The molecule has 0 radical (unpaired) electrons. The molecule has 0 saturated carbocycles. The summed E-state index contributed by atoms with van der Waals surface area (Å²) in [6.07, 6.45) is 1.73. The minimum atomic E-state index is 0. The zero-order valence-electron chi connectivity index (χ0n) is 12.6. The zero-order valence-corrected chi connectivity index (χ0v) is 14.2. The van der Waals surface area contributed by atoms with E-state index in [1.807, 2.05) is 23.1 Å². The van der Waals surface area contributed by atoms with Crippen LogP contribution in [0.4, 0.5) is 0 Å². The number of hydrogen-bond donors (Lipinski definition) is 1. The maximum Gasteiger partial charge on any atom is 0.222 e. The maximum absolute atomic E-state index is 11.7. The number of piperazine rings is 1.